The van der Waals surface area contributed by atoms with Gasteiger partial charge >= 0.3 is 0 Å². The van der Waals surface area contributed by atoms with Crippen molar-refractivity contribution in [2.75, 3.05) is 53.5 Å². The van der Waals surface area contributed by atoms with Crippen LogP contribution in [0.5, 0.6) is 17.2 Å². The molecular formula is C29H37N3O5. The number of fused-ring (bicyclic) bond motifs is 1. The van der Waals surface area contributed by atoms with E-state index in [1.165, 1.54) is 0 Å². The van der Waals surface area contributed by atoms with E-state index in [4.69, 9.17) is 23.9 Å². The van der Waals surface area contributed by atoms with Gasteiger partial charge in [0.2, 0.25) is 11.7 Å². The van der Waals surface area contributed by atoms with Crippen LogP contribution in [0.1, 0.15) is 29.5 Å². The predicted molar refractivity (Wildman–Crippen MR) is 145 cm³/mol. The normalized spacial score (nSPS) is 15.0. The molecule has 8 heteroatoms. The molecule has 2 heterocycles. The Balaban J connectivity index is 1.67. The summed E-state index contributed by atoms with van der Waals surface area (Å²) in [5.41, 5.74) is 3.89. The van der Waals surface area contributed by atoms with Crippen molar-refractivity contribution in [2.24, 2.45) is 0 Å². The number of benzene rings is 2. The lowest BCUT2D eigenvalue weighted by molar-refractivity contribution is -0.132. The molecule has 0 saturated carbocycles. The maximum Gasteiger partial charge on any atom is 0.227 e. The molecule has 1 unspecified atom stereocenters. The van der Waals surface area contributed by atoms with Gasteiger partial charge in [0, 0.05) is 44.7 Å². The van der Waals surface area contributed by atoms with Gasteiger partial charge in [0.05, 0.1) is 39.4 Å². The number of pyridine rings is 1. The van der Waals surface area contributed by atoms with Gasteiger partial charge in [-0.1, -0.05) is 18.2 Å². The zero-order chi connectivity index (χ0) is 26.5. The molecule has 0 radical (unpaired) electrons. The number of methoxy groups -OCH3 is 3. The summed E-state index contributed by atoms with van der Waals surface area (Å²) < 4.78 is 22.3. The van der Waals surface area contributed by atoms with E-state index in [-0.39, 0.29) is 18.4 Å². The van der Waals surface area contributed by atoms with E-state index in [0.717, 1.165) is 52.9 Å². The highest BCUT2D eigenvalue weighted by atomic mass is 16.5. The molecule has 3 aromatic rings. The molecule has 0 N–H and O–H groups in total. The number of ether oxygens (including phenoxy) is 4. The van der Waals surface area contributed by atoms with E-state index in [0.29, 0.717) is 30.3 Å². The van der Waals surface area contributed by atoms with Crippen LogP contribution in [0.3, 0.4) is 0 Å². The number of amides is 1. The second kappa shape index (κ2) is 11.7. The topological polar surface area (TPSA) is 73.4 Å². The Hall–Kier alpha value is -3.52. The average molecular weight is 508 g/mol. The first-order chi connectivity index (χ1) is 17.8. The molecule has 0 spiro atoms. The second-order valence-corrected chi connectivity index (χ2v) is 9.63. The molecule has 8 nitrogen and oxygen atoms in total. The number of aromatic nitrogens is 1. The minimum absolute atomic E-state index is 0.00109. The molecule has 1 aliphatic rings. The van der Waals surface area contributed by atoms with Gasteiger partial charge in [-0.15, -0.1) is 0 Å². The van der Waals surface area contributed by atoms with Crippen LogP contribution in [0.15, 0.2) is 36.4 Å². The van der Waals surface area contributed by atoms with Crippen LogP contribution in [0.4, 0.5) is 5.82 Å². The van der Waals surface area contributed by atoms with Crippen molar-refractivity contribution in [1.29, 1.82) is 0 Å². The lowest BCUT2D eigenvalue weighted by atomic mass is 10.1. The molecular weight excluding hydrogens is 470 g/mol. The third-order valence-electron chi connectivity index (χ3n) is 6.77. The van der Waals surface area contributed by atoms with E-state index in [2.05, 4.69) is 25.1 Å². The third kappa shape index (κ3) is 5.91. The zero-order valence-corrected chi connectivity index (χ0v) is 22.7. The molecule has 198 valence electrons. The van der Waals surface area contributed by atoms with Crippen molar-refractivity contribution < 1.29 is 23.7 Å². The Bertz CT molecular complexity index is 1230. The number of nitrogens with zero attached hydrogens (tertiary/aromatic N) is 3. The monoisotopic (exact) mass is 507 g/mol. The van der Waals surface area contributed by atoms with Crippen molar-refractivity contribution in [3.8, 4) is 17.2 Å². The molecule has 0 aliphatic carbocycles. The quantitative estimate of drug-likeness (QED) is 0.403. The maximum absolute atomic E-state index is 13.8. The molecule has 0 bridgehead atoms. The van der Waals surface area contributed by atoms with Gasteiger partial charge in [0.25, 0.3) is 0 Å². The molecule has 1 fully saturated rings. The SMILES string of the molecule is COc1cc(CC(=O)N(Cc2cc3cccc(C)c3nc2N(C)C)CC2CCCO2)cc(OC)c1OC. The fourth-order valence-electron chi connectivity index (χ4n) is 4.90. The Kier molecular flexibility index (Phi) is 8.38. The number of carbonyl (C=O) groups excluding carboxylic acids is 1. The summed E-state index contributed by atoms with van der Waals surface area (Å²) in [6.45, 7) is 3.77. The van der Waals surface area contributed by atoms with Crippen molar-refractivity contribution >= 4 is 22.6 Å². The number of hydrogen-bond acceptors (Lipinski definition) is 7. The predicted octanol–water partition coefficient (Wildman–Crippen LogP) is 4.39. The molecule has 2 aromatic carbocycles. The Morgan fingerprint density at radius 2 is 1.81 bits per heavy atom. The number of rotatable bonds is 10. The standard InChI is InChI=1S/C29H37N3O5/c1-19-9-7-10-21-16-22(29(31(2)3)30-27(19)21)17-32(18-23-11-8-12-37-23)26(33)15-20-13-24(34-4)28(36-6)25(14-20)35-5/h7,9-10,13-14,16,23H,8,11-12,15,17-18H2,1-6H3. The van der Waals surface area contributed by atoms with Crippen LogP contribution < -0.4 is 19.1 Å². The van der Waals surface area contributed by atoms with Crippen LogP contribution >= 0.6 is 0 Å². The van der Waals surface area contributed by atoms with Gasteiger partial charge in [-0.3, -0.25) is 4.79 Å². The van der Waals surface area contributed by atoms with E-state index < -0.39 is 0 Å². The number of anilines is 1. The van der Waals surface area contributed by atoms with Crippen molar-refractivity contribution in [3.63, 3.8) is 0 Å². The van der Waals surface area contributed by atoms with Crippen LogP contribution in [0, 0.1) is 6.92 Å². The Morgan fingerprint density at radius 1 is 1.08 bits per heavy atom. The lowest BCUT2D eigenvalue weighted by Crippen LogP contribution is -2.38. The highest BCUT2D eigenvalue weighted by Gasteiger charge is 2.25. The van der Waals surface area contributed by atoms with E-state index in [1.54, 1.807) is 21.3 Å². The largest absolute Gasteiger partial charge is 0.493 e. The molecule has 37 heavy (non-hydrogen) atoms. The summed E-state index contributed by atoms with van der Waals surface area (Å²) in [5.74, 6) is 2.42. The molecule has 1 atom stereocenters. The maximum atomic E-state index is 13.8. The fourth-order valence-corrected chi connectivity index (χ4v) is 4.90. The van der Waals surface area contributed by atoms with Crippen LogP contribution in [0.25, 0.3) is 10.9 Å². The van der Waals surface area contributed by atoms with Gasteiger partial charge in [-0.25, -0.2) is 4.98 Å². The first-order valence-corrected chi connectivity index (χ1v) is 12.6. The highest BCUT2D eigenvalue weighted by Crippen LogP contribution is 2.38. The molecule has 4 rings (SSSR count). The van der Waals surface area contributed by atoms with E-state index in [9.17, 15) is 4.79 Å². The number of para-hydroxylation sites is 1. The number of carbonyl (C=O) groups is 1. The van der Waals surface area contributed by atoms with Gasteiger partial charge in [-0.05, 0) is 49.1 Å². The molecule has 1 aromatic heterocycles. The molecule has 1 aliphatic heterocycles. The first kappa shape index (κ1) is 26.5. The van der Waals surface area contributed by atoms with Crippen LogP contribution in [0.2, 0.25) is 0 Å². The summed E-state index contributed by atoms with van der Waals surface area (Å²) >= 11 is 0. The van der Waals surface area contributed by atoms with E-state index >= 15 is 0 Å². The van der Waals surface area contributed by atoms with Gasteiger partial charge in [0.15, 0.2) is 11.5 Å². The smallest absolute Gasteiger partial charge is 0.227 e. The minimum Gasteiger partial charge on any atom is -0.493 e. The summed E-state index contributed by atoms with van der Waals surface area (Å²) in [6.07, 6.45) is 2.19. The summed E-state index contributed by atoms with van der Waals surface area (Å²) in [6, 6.07) is 12.0. The highest BCUT2D eigenvalue weighted by molar-refractivity contribution is 5.85. The summed E-state index contributed by atoms with van der Waals surface area (Å²) in [5, 5.41) is 1.06. The minimum atomic E-state index is -0.00109. The van der Waals surface area contributed by atoms with Gasteiger partial charge in [-0.2, -0.15) is 0 Å². The first-order valence-electron chi connectivity index (χ1n) is 12.6. The van der Waals surface area contributed by atoms with Crippen molar-refractivity contribution in [2.45, 2.75) is 38.8 Å². The van der Waals surface area contributed by atoms with Crippen molar-refractivity contribution in [1.82, 2.24) is 9.88 Å². The van der Waals surface area contributed by atoms with Crippen molar-refractivity contribution in [3.05, 3.63) is 53.1 Å². The third-order valence-corrected chi connectivity index (χ3v) is 6.77. The summed E-state index contributed by atoms with van der Waals surface area (Å²) in [7, 11) is 8.68. The van der Waals surface area contributed by atoms with Gasteiger partial charge < -0.3 is 28.7 Å². The Labute approximate surface area is 219 Å². The molecule has 1 amide bonds. The van der Waals surface area contributed by atoms with Gasteiger partial charge in [0.1, 0.15) is 5.82 Å². The van der Waals surface area contributed by atoms with Crippen LogP contribution in [-0.2, 0) is 22.5 Å². The number of aryl methyl sites for hydroxylation is 1. The fraction of sp³-hybridized carbons (Fsp3) is 0.448. The lowest BCUT2D eigenvalue weighted by Gasteiger charge is -2.28. The Morgan fingerprint density at radius 3 is 2.41 bits per heavy atom. The summed E-state index contributed by atoms with van der Waals surface area (Å²) in [4.78, 5) is 22.7. The molecule has 1 saturated heterocycles. The van der Waals surface area contributed by atoms with E-state index in [1.807, 2.05) is 42.1 Å². The zero-order valence-electron chi connectivity index (χ0n) is 22.7. The van der Waals surface area contributed by atoms with Crippen LogP contribution in [-0.4, -0.2) is 70.5 Å². The second-order valence-electron chi connectivity index (χ2n) is 9.63. The number of hydrogen-bond donors (Lipinski definition) is 0. The average Bonchev–Trinajstić information content (AvgIpc) is 3.40.